The molecule has 144 valence electrons. The van der Waals surface area contributed by atoms with Gasteiger partial charge >= 0.3 is 0 Å². The molecule has 0 saturated heterocycles. The maximum absolute atomic E-state index is 13.7. The number of benzene rings is 1. The Balaban J connectivity index is 2.12. The minimum absolute atomic E-state index is 0.00173. The fourth-order valence-corrected chi connectivity index (χ4v) is 2.76. The quantitative estimate of drug-likeness (QED) is 0.721. The smallest absolute Gasteiger partial charge is 0.248 e. The molecule has 0 bridgehead atoms. The van der Waals surface area contributed by atoms with Gasteiger partial charge in [-0.05, 0) is 37.1 Å². The molecule has 0 aliphatic heterocycles. The highest BCUT2D eigenvalue weighted by Crippen LogP contribution is 2.23. The molecular weight excluding hydrogens is 371 g/mol. The second-order valence-electron chi connectivity index (χ2n) is 6.56. The number of carbonyl (C=O) groups is 2. The van der Waals surface area contributed by atoms with Crippen LogP contribution in [-0.4, -0.2) is 21.6 Å². The lowest BCUT2D eigenvalue weighted by atomic mass is 10.2. The van der Waals surface area contributed by atoms with E-state index in [1.54, 1.807) is 10.8 Å². The summed E-state index contributed by atoms with van der Waals surface area (Å²) in [6, 6.07) is 3.92. The van der Waals surface area contributed by atoms with E-state index in [1.165, 1.54) is 31.2 Å². The summed E-state index contributed by atoms with van der Waals surface area (Å²) in [5, 5.41) is 9.84. The summed E-state index contributed by atoms with van der Waals surface area (Å²) in [4.78, 5) is 23.3. The molecule has 6 nitrogen and oxygen atoms in total. The number of anilines is 2. The van der Waals surface area contributed by atoms with Gasteiger partial charge in [0.25, 0.3) is 0 Å². The van der Waals surface area contributed by atoms with Crippen molar-refractivity contribution in [2.24, 2.45) is 5.92 Å². The number of hydrogen-bond acceptors (Lipinski definition) is 3. The lowest BCUT2D eigenvalue weighted by molar-refractivity contribution is -0.114. The summed E-state index contributed by atoms with van der Waals surface area (Å²) in [6.07, 6.45) is 2.92. The van der Waals surface area contributed by atoms with Crippen LogP contribution in [0.1, 0.15) is 32.0 Å². The number of halogens is 2. The van der Waals surface area contributed by atoms with Crippen molar-refractivity contribution >= 4 is 40.9 Å². The molecule has 2 aromatic rings. The summed E-state index contributed by atoms with van der Waals surface area (Å²) in [6.45, 7) is 7.91. The second-order valence-corrected chi connectivity index (χ2v) is 6.92. The number of aryl methyl sites for hydroxylation is 1. The van der Waals surface area contributed by atoms with E-state index in [0.29, 0.717) is 28.9 Å². The van der Waals surface area contributed by atoms with Crippen LogP contribution in [0.5, 0.6) is 0 Å². The number of nitrogens with one attached hydrogen (secondary N) is 2. The minimum atomic E-state index is -0.585. The second kappa shape index (κ2) is 8.81. The molecule has 0 atom stereocenters. The molecule has 2 rings (SSSR count). The van der Waals surface area contributed by atoms with Crippen molar-refractivity contribution in [3.8, 4) is 0 Å². The Labute approximate surface area is 162 Å². The molecule has 0 spiro atoms. The van der Waals surface area contributed by atoms with Gasteiger partial charge in [0.15, 0.2) is 0 Å². The zero-order valence-corrected chi connectivity index (χ0v) is 16.4. The summed E-state index contributed by atoms with van der Waals surface area (Å²) >= 11 is 6.34. The molecule has 2 amide bonds. The molecule has 0 saturated carbocycles. The van der Waals surface area contributed by atoms with E-state index < -0.39 is 17.6 Å². The van der Waals surface area contributed by atoms with Crippen LogP contribution >= 0.6 is 11.6 Å². The molecule has 1 heterocycles. The third-order valence-corrected chi connectivity index (χ3v) is 3.99. The highest BCUT2D eigenvalue weighted by atomic mass is 35.5. The van der Waals surface area contributed by atoms with Gasteiger partial charge in [-0.3, -0.25) is 14.3 Å². The molecule has 0 aliphatic rings. The summed E-state index contributed by atoms with van der Waals surface area (Å²) < 4.78 is 15.4. The van der Waals surface area contributed by atoms with Crippen LogP contribution in [0.3, 0.4) is 0 Å². The Morgan fingerprint density at radius 2 is 2.04 bits per heavy atom. The van der Waals surface area contributed by atoms with Gasteiger partial charge in [0.1, 0.15) is 11.0 Å². The van der Waals surface area contributed by atoms with Crippen molar-refractivity contribution in [1.29, 1.82) is 0 Å². The first-order valence-corrected chi connectivity index (χ1v) is 8.84. The monoisotopic (exact) mass is 392 g/mol. The van der Waals surface area contributed by atoms with E-state index >= 15 is 0 Å². The zero-order valence-electron chi connectivity index (χ0n) is 15.6. The van der Waals surface area contributed by atoms with Gasteiger partial charge < -0.3 is 10.6 Å². The molecule has 0 radical (unpaired) electrons. The van der Waals surface area contributed by atoms with Crippen LogP contribution in [0.25, 0.3) is 6.08 Å². The normalized spacial score (nSPS) is 11.2. The average molecular weight is 393 g/mol. The topological polar surface area (TPSA) is 76.0 Å². The van der Waals surface area contributed by atoms with Crippen LogP contribution in [0, 0.1) is 18.7 Å². The van der Waals surface area contributed by atoms with E-state index in [1.807, 2.05) is 6.92 Å². The fourth-order valence-electron chi connectivity index (χ4n) is 2.45. The zero-order chi connectivity index (χ0) is 20.1. The van der Waals surface area contributed by atoms with Crippen LogP contribution in [0.4, 0.5) is 15.8 Å². The Bertz CT molecular complexity index is 890. The van der Waals surface area contributed by atoms with Crippen LogP contribution in [0.2, 0.25) is 5.15 Å². The van der Waals surface area contributed by atoms with Crippen LogP contribution < -0.4 is 10.6 Å². The largest absolute Gasteiger partial charge is 0.324 e. The standard InChI is InChI=1S/C19H22ClFN4O2/c1-11(2)10-25-19(20)15(12(3)24-25)6-8-18(27)23-14-5-7-16(21)17(9-14)22-13(4)26/h5-9,11H,10H2,1-4H3,(H,22,26)(H,23,27)/b8-6+. The number of aromatic nitrogens is 2. The van der Waals surface area contributed by atoms with E-state index in [0.717, 1.165) is 5.69 Å². The van der Waals surface area contributed by atoms with Crippen molar-refractivity contribution in [1.82, 2.24) is 9.78 Å². The SMILES string of the molecule is CC(=O)Nc1cc(NC(=O)/C=C/c2c(C)nn(CC(C)C)c2Cl)ccc1F. The average Bonchev–Trinajstić information content (AvgIpc) is 2.81. The van der Waals surface area contributed by atoms with E-state index in [2.05, 4.69) is 29.6 Å². The Morgan fingerprint density at radius 1 is 1.33 bits per heavy atom. The summed E-state index contributed by atoms with van der Waals surface area (Å²) in [7, 11) is 0. The number of nitrogens with zero attached hydrogens (tertiary/aromatic N) is 2. The van der Waals surface area contributed by atoms with Gasteiger partial charge in [-0.1, -0.05) is 25.4 Å². The van der Waals surface area contributed by atoms with Crippen molar-refractivity contribution in [2.45, 2.75) is 34.2 Å². The van der Waals surface area contributed by atoms with Crippen molar-refractivity contribution in [3.05, 3.63) is 46.5 Å². The molecular formula is C19H22ClFN4O2. The van der Waals surface area contributed by atoms with Gasteiger partial charge in [-0.15, -0.1) is 0 Å². The molecule has 0 fully saturated rings. The third kappa shape index (κ3) is 5.65. The number of rotatable bonds is 6. The van der Waals surface area contributed by atoms with Gasteiger partial charge in [-0.25, -0.2) is 4.39 Å². The van der Waals surface area contributed by atoms with Crippen LogP contribution in [-0.2, 0) is 16.1 Å². The molecule has 8 heteroatoms. The molecule has 27 heavy (non-hydrogen) atoms. The predicted molar refractivity (Wildman–Crippen MR) is 105 cm³/mol. The maximum Gasteiger partial charge on any atom is 0.248 e. The van der Waals surface area contributed by atoms with E-state index in [4.69, 9.17) is 11.6 Å². The van der Waals surface area contributed by atoms with Gasteiger partial charge in [0, 0.05) is 30.8 Å². The van der Waals surface area contributed by atoms with Crippen molar-refractivity contribution < 1.29 is 14.0 Å². The number of hydrogen-bond donors (Lipinski definition) is 2. The first-order chi connectivity index (χ1) is 12.7. The third-order valence-electron chi connectivity index (χ3n) is 3.59. The van der Waals surface area contributed by atoms with Crippen LogP contribution in [0.15, 0.2) is 24.3 Å². The van der Waals surface area contributed by atoms with Crippen molar-refractivity contribution in [3.63, 3.8) is 0 Å². The Hall–Kier alpha value is -2.67. The van der Waals surface area contributed by atoms with E-state index in [-0.39, 0.29) is 5.69 Å². The Kier molecular flexibility index (Phi) is 6.74. The highest BCUT2D eigenvalue weighted by Gasteiger charge is 2.12. The molecule has 0 aliphatic carbocycles. The maximum atomic E-state index is 13.7. The first kappa shape index (κ1) is 20.6. The predicted octanol–water partition coefficient (Wildman–Crippen LogP) is 4.25. The molecule has 0 unspecified atom stereocenters. The molecule has 1 aromatic carbocycles. The fraction of sp³-hybridized carbons (Fsp3) is 0.316. The van der Waals surface area contributed by atoms with Crippen molar-refractivity contribution in [2.75, 3.05) is 10.6 Å². The number of amides is 2. The molecule has 2 N–H and O–H groups in total. The van der Waals surface area contributed by atoms with Gasteiger partial charge in [0.2, 0.25) is 11.8 Å². The molecule has 1 aromatic heterocycles. The lowest BCUT2D eigenvalue weighted by Gasteiger charge is -2.07. The minimum Gasteiger partial charge on any atom is -0.324 e. The Morgan fingerprint density at radius 3 is 2.67 bits per heavy atom. The first-order valence-electron chi connectivity index (χ1n) is 8.46. The summed E-state index contributed by atoms with van der Waals surface area (Å²) in [5.74, 6) is -1.01. The van der Waals surface area contributed by atoms with Gasteiger partial charge in [-0.2, -0.15) is 5.10 Å². The van der Waals surface area contributed by atoms with E-state index in [9.17, 15) is 14.0 Å². The number of carbonyl (C=O) groups excluding carboxylic acids is 2. The highest BCUT2D eigenvalue weighted by molar-refractivity contribution is 6.31. The lowest BCUT2D eigenvalue weighted by Crippen LogP contribution is -2.11. The van der Waals surface area contributed by atoms with Gasteiger partial charge in [0.05, 0.1) is 11.4 Å². The summed E-state index contributed by atoms with van der Waals surface area (Å²) in [5.41, 5.74) is 1.75.